The van der Waals surface area contributed by atoms with Crippen LogP contribution in [-0.4, -0.2) is 28.0 Å². The van der Waals surface area contributed by atoms with Crippen molar-refractivity contribution in [3.05, 3.63) is 76.5 Å². The van der Waals surface area contributed by atoms with Crippen molar-refractivity contribution in [2.24, 2.45) is 5.92 Å². The molecule has 0 bridgehead atoms. The normalized spacial score (nSPS) is 11.9. The Balaban J connectivity index is 1.83. The Labute approximate surface area is 169 Å². The zero-order valence-electron chi connectivity index (χ0n) is 16.7. The van der Waals surface area contributed by atoms with E-state index >= 15 is 0 Å². The fourth-order valence-corrected chi connectivity index (χ4v) is 3.06. The lowest BCUT2D eigenvalue weighted by Gasteiger charge is -2.22. The molecule has 1 unspecified atom stereocenters. The molecule has 0 aliphatic carbocycles. The third-order valence-corrected chi connectivity index (χ3v) is 4.52. The van der Waals surface area contributed by atoms with E-state index < -0.39 is 6.04 Å². The molecular weight excluding hydrogens is 368 g/mol. The number of nitrogens with zero attached hydrogens (tertiary/aromatic N) is 2. The molecule has 1 aromatic carbocycles. The summed E-state index contributed by atoms with van der Waals surface area (Å²) in [5.74, 6) is 1.05. The Kier molecular flexibility index (Phi) is 6.39. The first-order valence-electron chi connectivity index (χ1n) is 9.40. The summed E-state index contributed by atoms with van der Waals surface area (Å²) in [6.45, 7) is 3.96. The average molecular weight is 392 g/mol. The Bertz CT molecular complexity index is 1030. The van der Waals surface area contributed by atoms with Crippen molar-refractivity contribution in [1.82, 2.24) is 20.3 Å². The van der Waals surface area contributed by atoms with Crippen LogP contribution in [-0.2, 0) is 11.2 Å². The molecule has 0 aliphatic rings. The van der Waals surface area contributed by atoms with Crippen molar-refractivity contribution in [2.75, 3.05) is 7.11 Å². The number of carbonyl (C=O) groups is 1. The Morgan fingerprint density at radius 1 is 1.17 bits per heavy atom. The fraction of sp³-hybridized carbons (Fsp3) is 0.273. The first-order chi connectivity index (χ1) is 14.0. The van der Waals surface area contributed by atoms with Crippen molar-refractivity contribution in [3.63, 3.8) is 0 Å². The zero-order valence-corrected chi connectivity index (χ0v) is 16.7. The van der Waals surface area contributed by atoms with Gasteiger partial charge in [0.15, 0.2) is 0 Å². The Morgan fingerprint density at radius 3 is 2.62 bits per heavy atom. The molecule has 3 rings (SSSR count). The van der Waals surface area contributed by atoms with Crippen molar-refractivity contribution >= 4 is 5.91 Å². The van der Waals surface area contributed by atoms with Gasteiger partial charge in [0.2, 0.25) is 5.91 Å². The minimum absolute atomic E-state index is 0.0452. The molecular formula is C22H24N4O3. The number of ether oxygens (including phenoxy) is 1. The second-order valence-corrected chi connectivity index (χ2v) is 7.07. The summed E-state index contributed by atoms with van der Waals surface area (Å²) in [5, 5.41) is 3.02. The molecule has 0 fully saturated rings. The number of aromatic nitrogens is 3. The van der Waals surface area contributed by atoms with E-state index in [0.29, 0.717) is 17.3 Å². The van der Waals surface area contributed by atoms with Gasteiger partial charge in [-0.3, -0.25) is 14.6 Å². The molecule has 7 nitrogen and oxygen atoms in total. The number of aromatic amines is 1. The summed E-state index contributed by atoms with van der Waals surface area (Å²) >= 11 is 0. The molecule has 29 heavy (non-hydrogen) atoms. The SMILES string of the molecule is COc1cccc(CC(=O)NC(c2cc(=O)[nH]c(-c3ccncc3)n2)C(C)C)c1. The third-order valence-electron chi connectivity index (χ3n) is 4.52. The number of nitrogens with one attached hydrogen (secondary N) is 2. The number of hydrogen-bond acceptors (Lipinski definition) is 5. The van der Waals surface area contributed by atoms with E-state index in [0.717, 1.165) is 11.1 Å². The number of H-pyrrole nitrogens is 1. The lowest BCUT2D eigenvalue weighted by molar-refractivity contribution is -0.121. The largest absolute Gasteiger partial charge is 0.497 e. The standard InChI is InChI=1S/C22H24N4O3/c1-14(2)21(25-19(27)12-15-5-4-6-17(11-15)29-3)18-13-20(28)26-22(24-18)16-7-9-23-10-8-16/h4-11,13-14,21H,12H2,1-3H3,(H,25,27)(H,24,26,28). The van der Waals surface area contributed by atoms with E-state index in [4.69, 9.17) is 4.74 Å². The molecule has 0 saturated heterocycles. The van der Waals surface area contributed by atoms with Gasteiger partial charge >= 0.3 is 0 Å². The van der Waals surface area contributed by atoms with Crippen molar-refractivity contribution in [1.29, 1.82) is 0 Å². The minimum Gasteiger partial charge on any atom is -0.497 e. The molecule has 2 N–H and O–H groups in total. The first-order valence-corrected chi connectivity index (χ1v) is 9.40. The highest BCUT2D eigenvalue weighted by molar-refractivity contribution is 5.79. The van der Waals surface area contributed by atoms with Crippen LogP contribution in [0.5, 0.6) is 5.75 Å². The molecule has 0 aliphatic heterocycles. The van der Waals surface area contributed by atoms with E-state index in [2.05, 4.69) is 20.3 Å². The lowest BCUT2D eigenvalue weighted by atomic mass is 9.99. The summed E-state index contributed by atoms with van der Waals surface area (Å²) in [4.78, 5) is 36.2. The van der Waals surface area contributed by atoms with Gasteiger partial charge in [-0.2, -0.15) is 0 Å². The number of benzene rings is 1. The van der Waals surface area contributed by atoms with Gasteiger partial charge in [0.1, 0.15) is 11.6 Å². The van der Waals surface area contributed by atoms with Gasteiger partial charge in [0.05, 0.1) is 25.3 Å². The number of hydrogen-bond donors (Lipinski definition) is 2. The van der Waals surface area contributed by atoms with Crippen molar-refractivity contribution in [3.8, 4) is 17.1 Å². The van der Waals surface area contributed by atoms with Crippen LogP contribution in [0.3, 0.4) is 0 Å². The Hall–Kier alpha value is -3.48. The summed E-state index contributed by atoms with van der Waals surface area (Å²) in [5.41, 5.74) is 1.86. The van der Waals surface area contributed by atoms with Crippen molar-refractivity contribution < 1.29 is 9.53 Å². The maximum Gasteiger partial charge on any atom is 0.251 e. The van der Waals surface area contributed by atoms with E-state index in [1.54, 1.807) is 31.6 Å². The Morgan fingerprint density at radius 2 is 1.93 bits per heavy atom. The van der Waals surface area contributed by atoms with Crippen LogP contribution in [0, 0.1) is 5.92 Å². The molecule has 2 heterocycles. The molecule has 3 aromatic rings. The van der Waals surface area contributed by atoms with Gasteiger partial charge in [0.25, 0.3) is 5.56 Å². The van der Waals surface area contributed by atoms with Crippen LogP contribution < -0.4 is 15.6 Å². The first kappa shape index (κ1) is 20.3. The van der Waals surface area contributed by atoms with Crippen LogP contribution >= 0.6 is 0 Å². The van der Waals surface area contributed by atoms with Gasteiger partial charge < -0.3 is 15.0 Å². The molecule has 150 valence electrons. The summed E-state index contributed by atoms with van der Waals surface area (Å²) in [6.07, 6.45) is 3.48. The van der Waals surface area contributed by atoms with Crippen LogP contribution in [0.1, 0.15) is 31.1 Å². The quantitative estimate of drug-likeness (QED) is 0.644. The predicted molar refractivity (Wildman–Crippen MR) is 111 cm³/mol. The van der Waals surface area contributed by atoms with Crippen LogP contribution in [0.4, 0.5) is 0 Å². The monoisotopic (exact) mass is 392 g/mol. The van der Waals surface area contributed by atoms with Gasteiger partial charge in [-0.05, 0) is 35.7 Å². The minimum atomic E-state index is -0.393. The molecule has 2 aromatic heterocycles. The summed E-state index contributed by atoms with van der Waals surface area (Å²) in [7, 11) is 1.59. The van der Waals surface area contributed by atoms with E-state index in [1.165, 1.54) is 6.07 Å². The van der Waals surface area contributed by atoms with E-state index in [1.807, 2.05) is 38.1 Å². The predicted octanol–water partition coefficient (Wildman–Crippen LogP) is 2.90. The van der Waals surface area contributed by atoms with Crippen LogP contribution in [0.15, 0.2) is 59.7 Å². The fourth-order valence-electron chi connectivity index (χ4n) is 3.06. The van der Waals surface area contributed by atoms with Gasteiger partial charge in [-0.1, -0.05) is 26.0 Å². The highest BCUT2D eigenvalue weighted by Gasteiger charge is 2.21. The summed E-state index contributed by atoms with van der Waals surface area (Å²) < 4.78 is 5.21. The maximum absolute atomic E-state index is 12.7. The molecule has 7 heteroatoms. The number of pyridine rings is 1. The van der Waals surface area contributed by atoms with Gasteiger partial charge in [-0.25, -0.2) is 4.98 Å². The smallest absolute Gasteiger partial charge is 0.251 e. The highest BCUT2D eigenvalue weighted by Crippen LogP contribution is 2.22. The third kappa shape index (κ3) is 5.28. The lowest BCUT2D eigenvalue weighted by Crippen LogP contribution is -2.34. The second-order valence-electron chi connectivity index (χ2n) is 7.07. The highest BCUT2D eigenvalue weighted by atomic mass is 16.5. The average Bonchev–Trinajstić information content (AvgIpc) is 2.72. The molecule has 0 radical (unpaired) electrons. The summed E-state index contributed by atoms with van der Waals surface area (Å²) in [6, 6.07) is 12.0. The van der Waals surface area contributed by atoms with Crippen molar-refractivity contribution in [2.45, 2.75) is 26.3 Å². The van der Waals surface area contributed by atoms with E-state index in [-0.39, 0.29) is 23.8 Å². The maximum atomic E-state index is 12.7. The van der Waals surface area contributed by atoms with Crippen LogP contribution in [0.2, 0.25) is 0 Å². The van der Waals surface area contributed by atoms with Gasteiger partial charge in [-0.15, -0.1) is 0 Å². The van der Waals surface area contributed by atoms with Gasteiger partial charge in [0, 0.05) is 24.0 Å². The zero-order chi connectivity index (χ0) is 20.8. The van der Waals surface area contributed by atoms with Crippen LogP contribution in [0.25, 0.3) is 11.4 Å². The second kappa shape index (κ2) is 9.14. The topological polar surface area (TPSA) is 97.0 Å². The number of rotatable bonds is 7. The number of methoxy groups -OCH3 is 1. The molecule has 0 saturated carbocycles. The number of carbonyl (C=O) groups excluding carboxylic acids is 1. The number of amides is 1. The molecule has 1 amide bonds. The van der Waals surface area contributed by atoms with E-state index in [9.17, 15) is 9.59 Å². The molecule has 1 atom stereocenters. The molecule has 0 spiro atoms.